The molecule has 7 aromatic rings. The first-order valence-electron chi connectivity index (χ1n) is 15.7. The molecule has 22 heteroatoms. The fourth-order valence-corrected chi connectivity index (χ4v) is 11.2. The minimum atomic E-state index is -6.06. The van der Waals surface area contributed by atoms with Crippen molar-refractivity contribution in [2.45, 2.75) is 5.92 Å². The molecule has 1 aliphatic carbocycles. The molecule has 0 unspecified atom stereocenters. The summed E-state index contributed by atoms with van der Waals surface area (Å²) in [6, 6.07) is 0.591. The predicted molar refractivity (Wildman–Crippen MR) is 164 cm³/mol. The molecule has 0 N–H and O–H groups in total. The second kappa shape index (κ2) is 12.9. The van der Waals surface area contributed by atoms with Crippen molar-refractivity contribution in [1.29, 1.82) is 0 Å². The number of halogens is 21. The van der Waals surface area contributed by atoms with E-state index in [9.17, 15) is 26.3 Å². The van der Waals surface area contributed by atoms with Crippen LogP contribution in [0.5, 0.6) is 0 Å². The van der Waals surface area contributed by atoms with Gasteiger partial charge in [-0.25, -0.2) is 83.4 Å². The molecule has 0 bridgehead atoms. The monoisotopic (exact) mass is 874 g/mol. The maximum absolute atomic E-state index is 16.7. The quantitative estimate of drug-likeness (QED) is 0.0546. The summed E-state index contributed by atoms with van der Waals surface area (Å²) in [6.45, 7) is 0. The molecule has 0 saturated heterocycles. The van der Waals surface area contributed by atoms with Crippen molar-refractivity contribution in [3.8, 4) is 11.1 Å². The Morgan fingerprint density at radius 3 is 1.27 bits per heavy atom. The molecule has 0 heterocycles. The molecule has 59 heavy (non-hydrogen) atoms. The lowest BCUT2D eigenvalue weighted by Gasteiger charge is -2.26. The van der Waals surface area contributed by atoms with E-state index in [-0.39, 0.29) is 24.3 Å². The maximum atomic E-state index is 16.7. The molecule has 0 aliphatic heterocycles. The summed E-state index contributed by atoms with van der Waals surface area (Å²) in [4.78, 5) is 0. The number of alkyl halides is 2. The van der Waals surface area contributed by atoms with E-state index in [0.717, 1.165) is 0 Å². The van der Waals surface area contributed by atoms with Gasteiger partial charge in [-0.05, 0) is 17.5 Å². The summed E-state index contributed by atoms with van der Waals surface area (Å²) in [6.07, 6.45) is 0. The van der Waals surface area contributed by atoms with Crippen molar-refractivity contribution in [2.24, 2.45) is 0 Å². The molecular formula is C37H4AlF21. The van der Waals surface area contributed by atoms with Gasteiger partial charge in [0.05, 0.1) is 27.1 Å². The number of hydrogen-bond donors (Lipinski definition) is 0. The summed E-state index contributed by atoms with van der Waals surface area (Å²) in [7, 11) is 0. The van der Waals surface area contributed by atoms with E-state index in [0.29, 0.717) is 0 Å². The smallest absolute Gasteiger partial charge is 0.206 e. The van der Waals surface area contributed by atoms with Crippen molar-refractivity contribution in [1.82, 2.24) is 0 Å². The molecule has 0 saturated carbocycles. The van der Waals surface area contributed by atoms with Crippen LogP contribution in [0.25, 0.3) is 43.4 Å². The molecule has 302 valence electrons. The van der Waals surface area contributed by atoms with E-state index in [4.69, 9.17) is 0 Å². The third-order valence-corrected chi connectivity index (χ3v) is 13.3. The molecule has 7 aromatic carbocycles. The molecule has 0 aromatic heterocycles. The lowest BCUT2D eigenvalue weighted by Crippen LogP contribution is -2.58. The first-order valence-corrected chi connectivity index (χ1v) is 17.4. The number of fused-ring (bicyclic) bond motifs is 6. The molecule has 0 radical (unpaired) electrons. The fourth-order valence-electron chi connectivity index (χ4n) is 7.54. The number of rotatable bonds is 3. The van der Waals surface area contributed by atoms with E-state index in [2.05, 4.69) is 0 Å². The topological polar surface area (TPSA) is 0 Å². The van der Waals surface area contributed by atoms with Crippen LogP contribution < -0.4 is 13.3 Å². The third-order valence-electron chi connectivity index (χ3n) is 9.95. The lowest BCUT2D eigenvalue weighted by atomic mass is 9.99. The lowest BCUT2D eigenvalue weighted by molar-refractivity contribution is 0.0435. The molecule has 0 nitrogen and oxygen atoms in total. The van der Waals surface area contributed by atoms with Gasteiger partial charge in [0.1, 0.15) is 17.5 Å². The van der Waals surface area contributed by atoms with Crippen molar-refractivity contribution in [2.75, 3.05) is 0 Å². The van der Waals surface area contributed by atoms with Crippen LogP contribution in [0.15, 0.2) is 24.3 Å². The van der Waals surface area contributed by atoms with Gasteiger partial charge in [0.25, 0.3) is 0 Å². The minimum absolute atomic E-state index is 0.0364. The van der Waals surface area contributed by atoms with Crippen molar-refractivity contribution < 1.29 is 92.2 Å². The Bertz CT molecular complexity index is 3140. The summed E-state index contributed by atoms with van der Waals surface area (Å²) in [5, 5.41) is -12.5. The Morgan fingerprint density at radius 2 is 0.712 bits per heavy atom. The van der Waals surface area contributed by atoms with Crippen LogP contribution in [0.1, 0.15) is 11.1 Å². The molecule has 0 fully saturated rings. The normalized spacial score (nSPS) is 13.3. The van der Waals surface area contributed by atoms with Gasteiger partial charge in [-0.2, -0.15) is 8.78 Å². The zero-order chi connectivity index (χ0) is 43.4. The van der Waals surface area contributed by atoms with E-state index in [1.807, 2.05) is 0 Å². The Labute approximate surface area is 314 Å². The molecular weight excluding hydrogens is 870 g/mol. The molecule has 8 rings (SSSR count). The van der Waals surface area contributed by atoms with Crippen molar-refractivity contribution >= 4 is 59.7 Å². The number of benzene rings is 7. The standard InChI is InChI=1S/C14F9.C13F9.C10H4F3.Al/c15-3-1-2-4(10(19)8(3)17)9(18)6-5(7(2)16)11(20)13(22)14(23)12(6)21;14-3-1-2-4(8(16)7(3)15)5-6(13(2,21)22)10(18)12(20)11(19)9(5)17;11-7-3-1-2-6-4-5-8(12)10(13)9(6)7;/h;;1,3-5H;. The SMILES string of the molecule is Fc1ccc2[c]([Al]([c]3c(F)c(F)c(F)c4c3C(F)(F)c3c(F)c(F)c(F)c(F)c3-4)[c]3c(F)c(F)c(F)c4c(F)c5c(F)c(F)c(F)c(F)c5c(F)c34)ccc(F)c2c1F. The van der Waals surface area contributed by atoms with E-state index in [1.165, 1.54) is 0 Å². The Balaban J connectivity index is 1.71. The highest BCUT2D eigenvalue weighted by Gasteiger charge is 2.57. The Morgan fingerprint density at radius 1 is 0.305 bits per heavy atom. The Hall–Kier alpha value is -5.62. The average molecular weight is 874 g/mol. The van der Waals surface area contributed by atoms with Crippen LogP contribution in [0.2, 0.25) is 0 Å². The summed E-state index contributed by atoms with van der Waals surface area (Å²) in [5.41, 5.74) is -10.1. The predicted octanol–water partition coefficient (Wildman–Crippen LogP) is 10.4. The molecule has 1 aliphatic rings. The van der Waals surface area contributed by atoms with Gasteiger partial charge in [-0.15, -0.1) is 0 Å². The molecule has 0 spiro atoms. The second-order valence-electron chi connectivity index (χ2n) is 12.8. The highest BCUT2D eigenvalue weighted by Crippen LogP contribution is 2.55. The zero-order valence-corrected chi connectivity index (χ0v) is 28.5. The highest BCUT2D eigenvalue weighted by molar-refractivity contribution is 6.98. The molecule has 0 amide bonds. The maximum Gasteiger partial charge on any atom is 0.396 e. The third kappa shape index (κ3) is 4.92. The van der Waals surface area contributed by atoms with E-state index >= 15 is 65.9 Å². The van der Waals surface area contributed by atoms with Gasteiger partial charge >= 0.3 is 20.1 Å². The zero-order valence-electron chi connectivity index (χ0n) is 27.3. The van der Waals surface area contributed by atoms with Gasteiger partial charge in [0.15, 0.2) is 93.1 Å². The van der Waals surface area contributed by atoms with E-state index in [1.54, 1.807) is 0 Å². The van der Waals surface area contributed by atoms with Crippen LogP contribution in [0.3, 0.4) is 0 Å². The van der Waals surface area contributed by atoms with Crippen LogP contribution in [-0.2, 0) is 5.92 Å². The van der Waals surface area contributed by atoms with Crippen LogP contribution in [-0.4, -0.2) is 14.1 Å². The average Bonchev–Trinajstić information content (AvgIpc) is 3.44. The summed E-state index contributed by atoms with van der Waals surface area (Å²) < 4.78 is 318. The van der Waals surface area contributed by atoms with Gasteiger partial charge in [0, 0.05) is 22.1 Å². The fraction of sp³-hybridized carbons (Fsp3) is 0.0270. The van der Waals surface area contributed by atoms with Crippen molar-refractivity contribution in [3.05, 3.63) is 146 Å². The van der Waals surface area contributed by atoms with Crippen LogP contribution >= 0.6 is 0 Å². The number of hydrogen-bond acceptors (Lipinski definition) is 0. The van der Waals surface area contributed by atoms with E-state index < -0.39 is 198 Å². The first kappa shape index (κ1) is 40.2. The van der Waals surface area contributed by atoms with Crippen molar-refractivity contribution in [3.63, 3.8) is 0 Å². The van der Waals surface area contributed by atoms with Gasteiger partial charge in [-0.1, -0.05) is 25.4 Å². The van der Waals surface area contributed by atoms with Gasteiger partial charge in [-0.3, -0.25) is 0 Å². The molecule has 0 atom stereocenters. The van der Waals surface area contributed by atoms with Gasteiger partial charge in [0.2, 0.25) is 0 Å². The summed E-state index contributed by atoms with van der Waals surface area (Å²) in [5.74, 6) is -59.0. The largest absolute Gasteiger partial charge is 0.396 e. The second-order valence-corrected chi connectivity index (χ2v) is 15.4. The minimum Gasteiger partial charge on any atom is -0.206 e. The van der Waals surface area contributed by atoms with Crippen LogP contribution in [0, 0.1) is 111 Å². The highest BCUT2D eigenvalue weighted by atomic mass is 27.2. The van der Waals surface area contributed by atoms with Gasteiger partial charge < -0.3 is 0 Å². The van der Waals surface area contributed by atoms with Crippen LogP contribution in [0.4, 0.5) is 92.2 Å². The first-order chi connectivity index (χ1) is 27.5. The summed E-state index contributed by atoms with van der Waals surface area (Å²) >= 11 is -6.06. The Kier molecular flexibility index (Phi) is 8.81.